The Labute approximate surface area is 187 Å². The van der Waals surface area contributed by atoms with Gasteiger partial charge >= 0.3 is 0 Å². The molecule has 3 N–H and O–H groups in total. The molecule has 0 aliphatic carbocycles. The molecule has 2 aromatic carbocycles. The summed E-state index contributed by atoms with van der Waals surface area (Å²) >= 11 is 0. The number of halogens is 1. The van der Waals surface area contributed by atoms with E-state index in [4.69, 9.17) is 15.2 Å². The fourth-order valence-electron chi connectivity index (χ4n) is 2.78. The number of benzene rings is 2. The third-order valence-corrected chi connectivity index (χ3v) is 4.31. The summed E-state index contributed by atoms with van der Waals surface area (Å²) in [5.74, 6) is 1.87. The quantitative estimate of drug-likeness (QED) is 0.278. The molecular weight excluding hydrogens is 481 g/mol. The molecule has 0 aliphatic rings. The molecular formula is C21H26IN5O2. The van der Waals surface area contributed by atoms with Crippen molar-refractivity contribution in [2.45, 2.75) is 13.0 Å². The van der Waals surface area contributed by atoms with Gasteiger partial charge in [0.2, 0.25) is 0 Å². The first-order chi connectivity index (χ1) is 13.7. The maximum absolute atomic E-state index is 5.97. The Balaban J connectivity index is 0.00000300. The van der Waals surface area contributed by atoms with Gasteiger partial charge in [-0.3, -0.25) is 0 Å². The van der Waals surface area contributed by atoms with Crippen LogP contribution in [0.15, 0.2) is 65.9 Å². The van der Waals surface area contributed by atoms with Crippen molar-refractivity contribution in [3.63, 3.8) is 0 Å². The van der Waals surface area contributed by atoms with Crippen molar-refractivity contribution in [1.82, 2.24) is 15.1 Å². The van der Waals surface area contributed by atoms with Gasteiger partial charge in [-0.1, -0.05) is 18.2 Å². The zero-order chi connectivity index (χ0) is 19.8. The van der Waals surface area contributed by atoms with Crippen LogP contribution in [0, 0.1) is 0 Å². The molecule has 154 valence electrons. The van der Waals surface area contributed by atoms with E-state index in [1.807, 2.05) is 59.4 Å². The van der Waals surface area contributed by atoms with Crippen LogP contribution in [-0.2, 0) is 13.0 Å². The molecule has 3 aromatic rings. The summed E-state index contributed by atoms with van der Waals surface area (Å²) < 4.78 is 12.4. The van der Waals surface area contributed by atoms with Crippen molar-refractivity contribution < 1.29 is 9.47 Å². The molecule has 0 fully saturated rings. The molecule has 0 unspecified atom stereocenters. The lowest BCUT2D eigenvalue weighted by Gasteiger charge is -2.10. The summed E-state index contributed by atoms with van der Waals surface area (Å²) in [6.45, 7) is 1.21. The van der Waals surface area contributed by atoms with Gasteiger partial charge in [-0.25, -0.2) is 9.67 Å². The molecule has 0 bridgehead atoms. The molecule has 0 saturated carbocycles. The Morgan fingerprint density at radius 2 is 1.79 bits per heavy atom. The van der Waals surface area contributed by atoms with Gasteiger partial charge in [0.05, 0.1) is 26.5 Å². The van der Waals surface area contributed by atoms with E-state index in [1.165, 1.54) is 0 Å². The van der Waals surface area contributed by atoms with Gasteiger partial charge in [-0.2, -0.15) is 5.10 Å². The number of hydrogen-bond acceptors (Lipinski definition) is 4. The zero-order valence-corrected chi connectivity index (χ0v) is 18.9. The van der Waals surface area contributed by atoms with E-state index in [9.17, 15) is 0 Å². The molecule has 8 heteroatoms. The standard InChI is InChI=1S/C21H25N5O2.HI/c1-27-19-9-6-16(14-20(19)28-2)10-12-23-21(22)24-15-17-4-7-18(8-5-17)26-13-3-11-25-26;/h3-9,11,13-14H,10,12,15H2,1-2H3,(H3,22,23,24);1H. The second-order valence-corrected chi connectivity index (χ2v) is 6.18. The maximum atomic E-state index is 5.97. The Hall–Kier alpha value is -2.75. The van der Waals surface area contributed by atoms with E-state index < -0.39 is 0 Å². The van der Waals surface area contributed by atoms with Crippen molar-refractivity contribution in [1.29, 1.82) is 0 Å². The van der Waals surface area contributed by atoms with Crippen LogP contribution < -0.4 is 20.5 Å². The smallest absolute Gasteiger partial charge is 0.188 e. The number of aromatic nitrogens is 2. The van der Waals surface area contributed by atoms with E-state index in [2.05, 4.69) is 15.4 Å². The summed E-state index contributed by atoms with van der Waals surface area (Å²) in [5, 5.41) is 7.36. The second-order valence-electron chi connectivity index (χ2n) is 6.18. The minimum absolute atomic E-state index is 0. The number of nitrogens with two attached hydrogens (primary N) is 1. The molecule has 1 heterocycles. The average Bonchev–Trinajstić information content (AvgIpc) is 3.27. The Bertz CT molecular complexity index is 911. The Morgan fingerprint density at radius 1 is 1.07 bits per heavy atom. The summed E-state index contributed by atoms with van der Waals surface area (Å²) in [7, 11) is 3.26. The molecule has 0 spiro atoms. The number of hydrogen-bond donors (Lipinski definition) is 2. The molecule has 7 nitrogen and oxygen atoms in total. The molecule has 3 rings (SSSR count). The molecule has 0 atom stereocenters. The van der Waals surface area contributed by atoms with Crippen molar-refractivity contribution in [3.05, 3.63) is 72.1 Å². The highest BCUT2D eigenvalue weighted by Crippen LogP contribution is 2.27. The van der Waals surface area contributed by atoms with Crippen LogP contribution in [0.2, 0.25) is 0 Å². The molecule has 0 aliphatic heterocycles. The third kappa shape index (κ3) is 6.38. The topological polar surface area (TPSA) is 86.7 Å². The minimum Gasteiger partial charge on any atom is -0.493 e. The highest BCUT2D eigenvalue weighted by molar-refractivity contribution is 14.0. The van der Waals surface area contributed by atoms with E-state index >= 15 is 0 Å². The van der Waals surface area contributed by atoms with Crippen LogP contribution in [-0.4, -0.2) is 36.5 Å². The SMILES string of the molecule is COc1ccc(CCNC(N)=NCc2ccc(-n3cccn3)cc2)cc1OC.I. The zero-order valence-electron chi connectivity index (χ0n) is 16.5. The summed E-state index contributed by atoms with van der Waals surface area (Å²) in [6, 6.07) is 15.9. The number of aliphatic imine (C=N–C) groups is 1. The van der Waals surface area contributed by atoms with Crippen LogP contribution in [0.3, 0.4) is 0 Å². The summed E-state index contributed by atoms with van der Waals surface area (Å²) in [6.07, 6.45) is 4.47. The van der Waals surface area contributed by atoms with Crippen molar-refractivity contribution in [3.8, 4) is 17.2 Å². The number of ether oxygens (including phenoxy) is 2. The van der Waals surface area contributed by atoms with E-state index in [1.54, 1.807) is 20.4 Å². The van der Waals surface area contributed by atoms with E-state index in [0.717, 1.165) is 34.7 Å². The van der Waals surface area contributed by atoms with Gasteiger partial charge in [0, 0.05) is 18.9 Å². The highest BCUT2D eigenvalue weighted by Gasteiger charge is 2.04. The molecule has 0 radical (unpaired) electrons. The lowest BCUT2D eigenvalue weighted by Crippen LogP contribution is -2.33. The number of guanidine groups is 1. The average molecular weight is 507 g/mol. The van der Waals surface area contributed by atoms with Crippen LogP contribution >= 0.6 is 24.0 Å². The fourth-order valence-corrected chi connectivity index (χ4v) is 2.78. The normalized spacial score (nSPS) is 10.9. The number of nitrogens with one attached hydrogen (secondary N) is 1. The lowest BCUT2D eigenvalue weighted by molar-refractivity contribution is 0.354. The predicted molar refractivity (Wildman–Crippen MR) is 126 cm³/mol. The van der Waals surface area contributed by atoms with Gasteiger partial charge in [-0.05, 0) is 47.9 Å². The van der Waals surface area contributed by atoms with E-state index in [-0.39, 0.29) is 24.0 Å². The highest BCUT2D eigenvalue weighted by atomic mass is 127. The number of rotatable bonds is 8. The van der Waals surface area contributed by atoms with Crippen LogP contribution in [0.5, 0.6) is 11.5 Å². The largest absolute Gasteiger partial charge is 0.493 e. The van der Waals surface area contributed by atoms with Crippen LogP contribution in [0.1, 0.15) is 11.1 Å². The van der Waals surface area contributed by atoms with Crippen LogP contribution in [0.25, 0.3) is 5.69 Å². The van der Waals surface area contributed by atoms with Gasteiger partial charge in [0.15, 0.2) is 17.5 Å². The Kier molecular flexibility index (Phi) is 8.78. The number of methoxy groups -OCH3 is 2. The first kappa shape index (κ1) is 22.5. The van der Waals surface area contributed by atoms with Crippen molar-refractivity contribution >= 4 is 29.9 Å². The number of nitrogens with zero attached hydrogens (tertiary/aromatic N) is 3. The predicted octanol–water partition coefficient (Wildman–Crippen LogP) is 3.15. The van der Waals surface area contributed by atoms with Crippen molar-refractivity contribution in [2.75, 3.05) is 20.8 Å². The van der Waals surface area contributed by atoms with Gasteiger partial charge in [0.25, 0.3) is 0 Å². The van der Waals surface area contributed by atoms with Gasteiger partial charge < -0.3 is 20.5 Å². The fraction of sp³-hybridized carbons (Fsp3) is 0.238. The van der Waals surface area contributed by atoms with Gasteiger partial charge in [0.1, 0.15) is 0 Å². The first-order valence-corrected chi connectivity index (χ1v) is 9.03. The molecule has 0 amide bonds. The molecule has 29 heavy (non-hydrogen) atoms. The monoisotopic (exact) mass is 507 g/mol. The first-order valence-electron chi connectivity index (χ1n) is 9.03. The summed E-state index contributed by atoms with van der Waals surface area (Å²) in [4.78, 5) is 4.40. The maximum Gasteiger partial charge on any atom is 0.188 e. The van der Waals surface area contributed by atoms with Crippen molar-refractivity contribution in [2.24, 2.45) is 10.7 Å². The Morgan fingerprint density at radius 3 is 2.45 bits per heavy atom. The molecule has 0 saturated heterocycles. The lowest BCUT2D eigenvalue weighted by atomic mass is 10.1. The minimum atomic E-state index is 0. The van der Waals surface area contributed by atoms with E-state index in [0.29, 0.717) is 19.0 Å². The second kappa shape index (κ2) is 11.3. The third-order valence-electron chi connectivity index (χ3n) is 4.31. The van der Waals surface area contributed by atoms with Crippen LogP contribution in [0.4, 0.5) is 0 Å². The summed E-state index contributed by atoms with van der Waals surface area (Å²) in [5.41, 5.74) is 9.20. The molecule has 1 aromatic heterocycles. The van der Waals surface area contributed by atoms with Gasteiger partial charge in [-0.15, -0.1) is 24.0 Å².